The fraction of sp³-hybridized carbons (Fsp3) is 0.742. The van der Waals surface area contributed by atoms with Crippen LogP contribution in [-0.4, -0.2) is 24.6 Å². The van der Waals surface area contributed by atoms with Crippen molar-refractivity contribution in [2.45, 2.75) is 86.0 Å². The normalized spacial score (nSPS) is 47.4. The van der Waals surface area contributed by atoms with Gasteiger partial charge >= 0.3 is 5.97 Å². The number of methoxy groups -OCH3 is 1. The van der Waals surface area contributed by atoms with Gasteiger partial charge in [-0.1, -0.05) is 46.8 Å². The molecule has 36 heavy (non-hydrogen) atoms. The van der Waals surface area contributed by atoms with E-state index in [0.29, 0.717) is 12.0 Å². The maximum Gasteiger partial charge on any atom is 0.312 e. The van der Waals surface area contributed by atoms with Crippen molar-refractivity contribution in [3.63, 3.8) is 0 Å². The lowest BCUT2D eigenvalue weighted by Gasteiger charge is -2.68. The topological polar surface area (TPSA) is 84.2 Å². The fourth-order valence-corrected chi connectivity index (χ4v) is 9.84. The van der Waals surface area contributed by atoms with E-state index in [0.717, 1.165) is 50.5 Å². The molecule has 0 aromatic heterocycles. The summed E-state index contributed by atoms with van der Waals surface area (Å²) in [4.78, 5) is 40.5. The van der Waals surface area contributed by atoms with Gasteiger partial charge in [0.25, 0.3) is 0 Å². The summed E-state index contributed by atoms with van der Waals surface area (Å²) in [6, 6.07) is 2.22. The molecule has 0 spiro atoms. The maximum absolute atomic E-state index is 14.3. The molecule has 5 aliphatic rings. The summed E-state index contributed by atoms with van der Waals surface area (Å²) < 4.78 is 5.39. The summed E-state index contributed by atoms with van der Waals surface area (Å²) in [7, 11) is 1.48. The molecular formula is C31H41NO4. The van der Waals surface area contributed by atoms with Crippen LogP contribution in [0, 0.1) is 62.1 Å². The number of rotatable bonds is 1. The summed E-state index contributed by atoms with van der Waals surface area (Å²) >= 11 is 0. The van der Waals surface area contributed by atoms with E-state index in [1.54, 1.807) is 0 Å². The van der Waals surface area contributed by atoms with E-state index in [-0.39, 0.29) is 51.5 Å². The van der Waals surface area contributed by atoms with Crippen molar-refractivity contribution >= 4 is 17.5 Å². The van der Waals surface area contributed by atoms with Crippen LogP contribution in [0.5, 0.6) is 0 Å². The Labute approximate surface area is 215 Å². The number of allylic oxidation sites excluding steroid dienone is 3. The van der Waals surface area contributed by atoms with Crippen LogP contribution in [0.25, 0.3) is 0 Å². The Bertz CT molecular complexity index is 1140. The van der Waals surface area contributed by atoms with Gasteiger partial charge in [-0.15, -0.1) is 0 Å². The van der Waals surface area contributed by atoms with Crippen LogP contribution in [0.1, 0.15) is 86.0 Å². The SMILES string of the molecule is C=C1C(=O)C(C#N)CC2(C)C3=CC(=O)C4C5CC(C)(C)CCC5(C(=O)OC)CCC4(C)C3(C)CCC12. The Kier molecular flexibility index (Phi) is 5.40. The number of hydrogen-bond acceptors (Lipinski definition) is 5. The summed E-state index contributed by atoms with van der Waals surface area (Å²) in [5, 5.41) is 9.77. The Morgan fingerprint density at radius 3 is 2.36 bits per heavy atom. The summed E-state index contributed by atoms with van der Waals surface area (Å²) in [6.07, 6.45) is 8.17. The lowest BCUT2D eigenvalue weighted by Crippen LogP contribution is -2.65. The highest BCUT2D eigenvalue weighted by Crippen LogP contribution is 2.74. The van der Waals surface area contributed by atoms with Crippen LogP contribution in [0.2, 0.25) is 0 Å². The Hall–Kier alpha value is -2.22. The Morgan fingerprint density at radius 1 is 1.06 bits per heavy atom. The zero-order chi connectivity index (χ0) is 26.5. The third-order valence-electron chi connectivity index (χ3n) is 12.1. The van der Waals surface area contributed by atoms with Crippen LogP contribution in [0.4, 0.5) is 0 Å². The molecule has 5 rings (SSSR count). The van der Waals surface area contributed by atoms with Gasteiger partial charge in [0.05, 0.1) is 18.6 Å². The number of esters is 1. The molecule has 0 amide bonds. The molecule has 0 bridgehead atoms. The van der Waals surface area contributed by atoms with E-state index < -0.39 is 16.7 Å². The minimum absolute atomic E-state index is 0.0340. The van der Waals surface area contributed by atoms with Crippen molar-refractivity contribution in [1.82, 2.24) is 0 Å². The molecule has 0 heterocycles. The smallest absolute Gasteiger partial charge is 0.312 e. The molecule has 5 nitrogen and oxygen atoms in total. The number of carbonyl (C=O) groups excluding carboxylic acids is 3. The van der Waals surface area contributed by atoms with Crippen LogP contribution in [0.15, 0.2) is 23.8 Å². The minimum atomic E-state index is -0.708. The van der Waals surface area contributed by atoms with Crippen LogP contribution >= 0.6 is 0 Å². The summed E-state index contributed by atoms with van der Waals surface area (Å²) in [5.74, 6) is -1.17. The quantitative estimate of drug-likeness (QED) is 0.332. The molecule has 8 atom stereocenters. The van der Waals surface area contributed by atoms with Crippen molar-refractivity contribution in [2.75, 3.05) is 7.11 Å². The summed E-state index contributed by atoms with van der Waals surface area (Å²) in [6.45, 7) is 15.4. The molecule has 0 N–H and O–H groups in total. The first-order valence-electron chi connectivity index (χ1n) is 13.7. The third kappa shape index (κ3) is 2.96. The molecule has 8 unspecified atom stereocenters. The fourth-order valence-electron chi connectivity index (χ4n) is 9.84. The molecule has 0 aliphatic heterocycles. The molecule has 5 aliphatic carbocycles. The van der Waals surface area contributed by atoms with Crippen molar-refractivity contribution in [3.8, 4) is 6.07 Å². The van der Waals surface area contributed by atoms with E-state index in [2.05, 4.69) is 47.3 Å². The largest absolute Gasteiger partial charge is 0.469 e. The first-order chi connectivity index (χ1) is 16.7. The van der Waals surface area contributed by atoms with Crippen molar-refractivity contribution in [3.05, 3.63) is 23.8 Å². The van der Waals surface area contributed by atoms with E-state index in [4.69, 9.17) is 4.74 Å². The Morgan fingerprint density at radius 2 is 1.72 bits per heavy atom. The molecule has 4 fully saturated rings. The molecule has 0 aromatic rings. The highest BCUT2D eigenvalue weighted by atomic mass is 16.5. The minimum Gasteiger partial charge on any atom is -0.469 e. The first kappa shape index (κ1) is 25.4. The number of ether oxygens (including phenoxy) is 1. The molecule has 194 valence electrons. The predicted molar refractivity (Wildman–Crippen MR) is 136 cm³/mol. The number of nitrogens with zero attached hydrogens (tertiary/aromatic N) is 1. The maximum atomic E-state index is 14.3. The number of hydrogen-bond donors (Lipinski definition) is 0. The average molecular weight is 492 g/mol. The number of Topliss-reactive ketones (excluding diaryl/α,β-unsaturated/α-hetero) is 1. The van der Waals surface area contributed by atoms with Crippen LogP contribution < -0.4 is 0 Å². The van der Waals surface area contributed by atoms with E-state index in [1.807, 2.05) is 6.08 Å². The number of carbonyl (C=O) groups is 3. The van der Waals surface area contributed by atoms with Crippen LogP contribution in [-0.2, 0) is 19.1 Å². The van der Waals surface area contributed by atoms with Gasteiger partial charge in [0.1, 0.15) is 5.92 Å². The number of fused-ring (bicyclic) bond motifs is 7. The second-order valence-corrected chi connectivity index (χ2v) is 14.1. The molecule has 0 saturated heterocycles. The average Bonchev–Trinajstić information content (AvgIpc) is 2.82. The second-order valence-electron chi connectivity index (χ2n) is 14.1. The van der Waals surface area contributed by atoms with Gasteiger partial charge in [-0.2, -0.15) is 5.26 Å². The van der Waals surface area contributed by atoms with Gasteiger partial charge < -0.3 is 4.74 Å². The van der Waals surface area contributed by atoms with Gasteiger partial charge in [-0.25, -0.2) is 0 Å². The molecule has 0 radical (unpaired) electrons. The zero-order valence-electron chi connectivity index (χ0n) is 22.8. The van der Waals surface area contributed by atoms with E-state index >= 15 is 0 Å². The van der Waals surface area contributed by atoms with Crippen LogP contribution in [0.3, 0.4) is 0 Å². The van der Waals surface area contributed by atoms with Crippen molar-refractivity contribution in [1.29, 1.82) is 5.26 Å². The highest BCUT2D eigenvalue weighted by Gasteiger charge is 2.70. The van der Waals surface area contributed by atoms with E-state index in [1.165, 1.54) is 7.11 Å². The van der Waals surface area contributed by atoms with Crippen molar-refractivity contribution < 1.29 is 19.1 Å². The lowest BCUT2D eigenvalue weighted by molar-refractivity contribution is -0.190. The van der Waals surface area contributed by atoms with Gasteiger partial charge in [0.2, 0.25) is 0 Å². The molecule has 4 saturated carbocycles. The number of ketones is 2. The van der Waals surface area contributed by atoms with E-state index in [9.17, 15) is 19.6 Å². The van der Waals surface area contributed by atoms with Gasteiger partial charge in [0.15, 0.2) is 11.6 Å². The predicted octanol–water partition coefficient (Wildman–Crippen LogP) is 5.99. The first-order valence-corrected chi connectivity index (χ1v) is 13.7. The monoisotopic (exact) mass is 491 g/mol. The zero-order valence-corrected chi connectivity index (χ0v) is 22.8. The second kappa shape index (κ2) is 7.65. The molecular weight excluding hydrogens is 450 g/mol. The Balaban J connectivity index is 1.66. The summed E-state index contributed by atoms with van der Waals surface area (Å²) in [5.41, 5.74) is 0.153. The van der Waals surface area contributed by atoms with Gasteiger partial charge in [0, 0.05) is 5.92 Å². The van der Waals surface area contributed by atoms with Gasteiger partial charge in [-0.05, 0) is 96.5 Å². The third-order valence-corrected chi connectivity index (χ3v) is 12.1. The lowest BCUT2D eigenvalue weighted by atomic mass is 9.34. The van der Waals surface area contributed by atoms with Crippen molar-refractivity contribution in [2.24, 2.45) is 50.7 Å². The van der Waals surface area contributed by atoms with Gasteiger partial charge in [-0.3, -0.25) is 14.4 Å². The molecule has 5 heteroatoms. The molecule has 0 aromatic carbocycles. The standard InChI is InChI=1S/C31H41NO4/c1-18-20-8-9-29(5)23(28(20,4)15-19(17-32)25(18)34)14-22(33)24-21-16-27(2,3)10-12-31(21,26(35)36-7)13-11-30(24,29)6/h14,19-21,24H,1,8-13,15-16H2,2-7H3. The number of nitriles is 1. The highest BCUT2D eigenvalue weighted by molar-refractivity contribution is 6.01.